The van der Waals surface area contributed by atoms with Crippen LogP contribution in [0.1, 0.15) is 32.3 Å². The van der Waals surface area contributed by atoms with Gasteiger partial charge in [-0.1, -0.05) is 13.8 Å². The number of hydrogen-bond donors (Lipinski definition) is 1. The number of nitrogens with zero attached hydrogens (tertiary/aromatic N) is 3. The maximum atomic E-state index is 12.6. The lowest BCUT2D eigenvalue weighted by Gasteiger charge is -2.13. The zero-order valence-corrected chi connectivity index (χ0v) is 14.9. The van der Waals surface area contributed by atoms with Gasteiger partial charge in [0, 0.05) is 19.3 Å². The van der Waals surface area contributed by atoms with Crippen LogP contribution in [0.3, 0.4) is 0 Å². The molecule has 0 unspecified atom stereocenters. The van der Waals surface area contributed by atoms with Crippen molar-refractivity contribution in [3.63, 3.8) is 0 Å². The third-order valence-electron chi connectivity index (χ3n) is 3.80. The van der Waals surface area contributed by atoms with Crippen LogP contribution in [-0.4, -0.2) is 22.5 Å². The van der Waals surface area contributed by atoms with Gasteiger partial charge in [-0.15, -0.1) is 0 Å². The number of methoxy groups -OCH3 is 1. The maximum absolute atomic E-state index is 12.6. The van der Waals surface area contributed by atoms with Gasteiger partial charge in [-0.25, -0.2) is 9.79 Å². The van der Waals surface area contributed by atoms with Gasteiger partial charge in [-0.2, -0.15) is 0 Å². The molecule has 2 rings (SSSR count). The Morgan fingerprint density at radius 1 is 1.08 bits per heavy atom. The molecule has 0 aliphatic heterocycles. The van der Waals surface area contributed by atoms with Crippen molar-refractivity contribution in [3.8, 4) is 5.75 Å². The van der Waals surface area contributed by atoms with Crippen LogP contribution in [0.25, 0.3) is 0 Å². The molecule has 7 heteroatoms. The van der Waals surface area contributed by atoms with E-state index in [1.165, 1.54) is 9.13 Å². The Morgan fingerprint density at radius 3 is 2.24 bits per heavy atom. The number of anilines is 1. The first kappa shape index (κ1) is 18.5. The Labute approximate surface area is 146 Å². The number of benzene rings is 1. The summed E-state index contributed by atoms with van der Waals surface area (Å²) in [6.45, 7) is 4.64. The van der Waals surface area contributed by atoms with E-state index in [0.717, 1.165) is 17.7 Å². The van der Waals surface area contributed by atoms with E-state index in [0.29, 0.717) is 19.5 Å². The molecule has 0 saturated heterocycles. The van der Waals surface area contributed by atoms with Gasteiger partial charge in [0.25, 0.3) is 5.56 Å². The zero-order chi connectivity index (χ0) is 18.4. The normalized spacial score (nSPS) is 11.2. The average molecular weight is 344 g/mol. The molecule has 0 atom stereocenters. The van der Waals surface area contributed by atoms with Crippen molar-refractivity contribution in [2.24, 2.45) is 4.99 Å². The van der Waals surface area contributed by atoms with Gasteiger partial charge in [-0.3, -0.25) is 13.9 Å². The topological polar surface area (TPSA) is 91.6 Å². The van der Waals surface area contributed by atoms with Crippen LogP contribution >= 0.6 is 0 Å². The number of aromatic nitrogens is 2. The van der Waals surface area contributed by atoms with Crippen LogP contribution in [0.5, 0.6) is 5.75 Å². The van der Waals surface area contributed by atoms with Crippen molar-refractivity contribution in [1.82, 2.24) is 9.13 Å². The van der Waals surface area contributed by atoms with E-state index in [-0.39, 0.29) is 17.2 Å². The van der Waals surface area contributed by atoms with Gasteiger partial charge in [-0.05, 0) is 42.7 Å². The minimum absolute atomic E-state index is 0.0947. The minimum Gasteiger partial charge on any atom is -0.497 e. The third kappa shape index (κ3) is 3.99. The molecule has 0 saturated carbocycles. The van der Waals surface area contributed by atoms with E-state index >= 15 is 0 Å². The molecular weight excluding hydrogens is 320 g/mol. The fraction of sp³-hybridized carbons (Fsp3) is 0.389. The Kier molecular flexibility index (Phi) is 6.16. The summed E-state index contributed by atoms with van der Waals surface area (Å²) in [7, 11) is 1.59. The van der Waals surface area contributed by atoms with Gasteiger partial charge in [0.15, 0.2) is 5.69 Å². The first-order valence-electron chi connectivity index (χ1n) is 8.34. The summed E-state index contributed by atoms with van der Waals surface area (Å²) >= 11 is 0. The predicted molar refractivity (Wildman–Crippen MR) is 100 cm³/mol. The van der Waals surface area contributed by atoms with E-state index in [2.05, 4.69) is 4.99 Å². The molecule has 25 heavy (non-hydrogen) atoms. The zero-order valence-electron chi connectivity index (χ0n) is 14.9. The van der Waals surface area contributed by atoms with Crippen LogP contribution < -0.4 is 21.7 Å². The van der Waals surface area contributed by atoms with Crippen LogP contribution in [0.2, 0.25) is 0 Å². The standard InChI is InChI=1S/C18H24N4O3/c1-4-10-21-16(19)15(17(23)22(11-5-2)18(21)24)20-12-13-6-8-14(25-3)9-7-13/h6-9,12H,4-5,10-11,19H2,1-3H3. The molecular formula is C18H24N4O3. The first-order chi connectivity index (χ1) is 12.0. The molecule has 0 radical (unpaired) electrons. The number of hydrogen-bond acceptors (Lipinski definition) is 5. The second-order valence-electron chi connectivity index (χ2n) is 5.66. The molecule has 0 amide bonds. The van der Waals surface area contributed by atoms with Gasteiger partial charge < -0.3 is 10.5 Å². The van der Waals surface area contributed by atoms with E-state index in [4.69, 9.17) is 10.5 Å². The van der Waals surface area contributed by atoms with Crippen molar-refractivity contribution >= 4 is 17.7 Å². The number of rotatable bonds is 7. The van der Waals surface area contributed by atoms with Gasteiger partial charge >= 0.3 is 5.69 Å². The van der Waals surface area contributed by atoms with Gasteiger partial charge in [0.05, 0.1) is 7.11 Å². The number of nitrogen functional groups attached to an aromatic ring is 1. The molecule has 134 valence electrons. The fourth-order valence-corrected chi connectivity index (χ4v) is 2.51. The van der Waals surface area contributed by atoms with E-state index in [1.54, 1.807) is 25.5 Å². The second kappa shape index (κ2) is 8.32. The summed E-state index contributed by atoms with van der Waals surface area (Å²) in [5.41, 5.74) is 6.12. The SMILES string of the molecule is CCCn1c(N)c(N=Cc2ccc(OC)cc2)c(=O)n(CCC)c1=O. The number of nitrogens with two attached hydrogens (primary N) is 1. The predicted octanol–water partition coefficient (Wildman–Crippen LogP) is 2.17. The lowest BCUT2D eigenvalue weighted by Crippen LogP contribution is -2.41. The number of aliphatic imine (C=N–C) groups is 1. The van der Waals surface area contributed by atoms with Crippen molar-refractivity contribution in [1.29, 1.82) is 0 Å². The highest BCUT2D eigenvalue weighted by Crippen LogP contribution is 2.16. The molecule has 1 aromatic carbocycles. The summed E-state index contributed by atoms with van der Waals surface area (Å²) in [5, 5.41) is 0. The fourth-order valence-electron chi connectivity index (χ4n) is 2.51. The lowest BCUT2D eigenvalue weighted by molar-refractivity contribution is 0.415. The monoisotopic (exact) mass is 344 g/mol. The third-order valence-corrected chi connectivity index (χ3v) is 3.80. The summed E-state index contributed by atoms with van der Waals surface area (Å²) in [6, 6.07) is 7.26. The van der Waals surface area contributed by atoms with E-state index < -0.39 is 5.56 Å². The van der Waals surface area contributed by atoms with Gasteiger partial charge in [0.1, 0.15) is 11.6 Å². The molecule has 2 aromatic rings. The van der Waals surface area contributed by atoms with Crippen molar-refractivity contribution < 1.29 is 4.74 Å². The van der Waals surface area contributed by atoms with Crippen molar-refractivity contribution in [3.05, 3.63) is 50.7 Å². The smallest absolute Gasteiger partial charge is 0.332 e. The van der Waals surface area contributed by atoms with Crippen LogP contribution in [0.4, 0.5) is 11.5 Å². The molecule has 0 spiro atoms. The summed E-state index contributed by atoms with van der Waals surface area (Å²) in [6.07, 6.45) is 2.96. The molecule has 0 bridgehead atoms. The van der Waals surface area contributed by atoms with Crippen LogP contribution in [0, 0.1) is 0 Å². The van der Waals surface area contributed by atoms with Crippen LogP contribution in [0.15, 0.2) is 38.8 Å². The molecule has 0 aliphatic rings. The largest absolute Gasteiger partial charge is 0.497 e. The van der Waals surface area contributed by atoms with Crippen LogP contribution in [-0.2, 0) is 13.1 Å². The Hall–Kier alpha value is -2.83. The summed E-state index contributed by atoms with van der Waals surface area (Å²) < 4.78 is 7.73. The Balaban J connectivity index is 2.53. The minimum atomic E-state index is -0.457. The highest BCUT2D eigenvalue weighted by atomic mass is 16.5. The van der Waals surface area contributed by atoms with E-state index in [1.807, 2.05) is 26.0 Å². The quantitative estimate of drug-likeness (QED) is 0.779. The maximum Gasteiger partial charge on any atom is 0.332 e. The molecule has 0 aliphatic carbocycles. The lowest BCUT2D eigenvalue weighted by atomic mass is 10.2. The Bertz CT molecular complexity index is 864. The molecule has 7 nitrogen and oxygen atoms in total. The van der Waals surface area contributed by atoms with Gasteiger partial charge in [0.2, 0.25) is 0 Å². The van der Waals surface area contributed by atoms with E-state index in [9.17, 15) is 9.59 Å². The van der Waals surface area contributed by atoms with Crippen molar-refractivity contribution in [2.75, 3.05) is 12.8 Å². The highest BCUT2D eigenvalue weighted by Gasteiger charge is 2.15. The average Bonchev–Trinajstić information content (AvgIpc) is 2.62. The molecule has 2 N–H and O–H groups in total. The first-order valence-corrected chi connectivity index (χ1v) is 8.34. The summed E-state index contributed by atoms with van der Waals surface area (Å²) in [5.74, 6) is 0.840. The van der Waals surface area contributed by atoms with Crippen molar-refractivity contribution in [2.45, 2.75) is 39.8 Å². The second-order valence-corrected chi connectivity index (χ2v) is 5.66. The Morgan fingerprint density at radius 2 is 1.68 bits per heavy atom. The molecule has 0 fully saturated rings. The highest BCUT2D eigenvalue weighted by molar-refractivity contribution is 5.83. The summed E-state index contributed by atoms with van der Waals surface area (Å²) in [4.78, 5) is 29.4. The molecule has 1 heterocycles. The number of ether oxygens (including phenoxy) is 1. The molecule has 1 aromatic heterocycles.